The smallest absolute Gasteiger partial charge is 0.326 e. The van der Waals surface area contributed by atoms with Crippen molar-refractivity contribution in [2.45, 2.75) is 32.7 Å². The molecule has 1 aliphatic carbocycles. The van der Waals surface area contributed by atoms with Crippen LogP contribution in [0.3, 0.4) is 0 Å². The molecule has 0 saturated heterocycles. The van der Waals surface area contributed by atoms with Crippen LogP contribution in [0.25, 0.3) is 0 Å². The van der Waals surface area contributed by atoms with E-state index in [-0.39, 0.29) is 5.41 Å². The minimum absolute atomic E-state index is 0.223. The fraction of sp³-hybridized carbons (Fsp3) is 0.727. The van der Waals surface area contributed by atoms with Crippen molar-refractivity contribution in [1.29, 1.82) is 0 Å². The van der Waals surface area contributed by atoms with E-state index in [1.807, 2.05) is 0 Å². The topological polar surface area (TPSA) is 116 Å². The van der Waals surface area contributed by atoms with Crippen molar-refractivity contribution in [3.8, 4) is 0 Å². The molecule has 102 valence electrons. The quantitative estimate of drug-likeness (QED) is 0.545. The van der Waals surface area contributed by atoms with E-state index < -0.39 is 30.4 Å². The van der Waals surface area contributed by atoms with Gasteiger partial charge in [0.05, 0.1) is 6.42 Å². The normalized spacial score (nSPS) is 21.8. The Morgan fingerprint density at radius 2 is 1.89 bits per heavy atom. The molecule has 18 heavy (non-hydrogen) atoms. The predicted octanol–water partition coefficient (Wildman–Crippen LogP) is 0.260. The van der Waals surface area contributed by atoms with Crippen molar-refractivity contribution in [2.24, 2.45) is 11.3 Å². The first-order valence-corrected chi connectivity index (χ1v) is 5.71. The molecule has 0 heterocycles. The molecule has 0 radical (unpaired) electrons. The SMILES string of the molecule is CC1(C)CC1CNC(=O)N[C@H](CC(=O)O)C(=O)O. The second-order valence-electron chi connectivity index (χ2n) is 5.23. The molecule has 1 aliphatic rings. The lowest BCUT2D eigenvalue weighted by Crippen LogP contribution is -2.47. The first-order chi connectivity index (χ1) is 8.22. The minimum Gasteiger partial charge on any atom is -0.481 e. The summed E-state index contributed by atoms with van der Waals surface area (Å²) in [6.45, 7) is 4.64. The molecule has 0 aromatic carbocycles. The number of rotatable bonds is 6. The molecule has 1 rings (SSSR count). The van der Waals surface area contributed by atoms with Gasteiger partial charge >= 0.3 is 18.0 Å². The number of carbonyl (C=O) groups is 3. The van der Waals surface area contributed by atoms with Crippen LogP contribution in [0.2, 0.25) is 0 Å². The fourth-order valence-electron chi connectivity index (χ4n) is 1.72. The van der Waals surface area contributed by atoms with Crippen molar-refractivity contribution < 1.29 is 24.6 Å². The van der Waals surface area contributed by atoms with Gasteiger partial charge in [-0.05, 0) is 17.8 Å². The highest BCUT2D eigenvalue weighted by Crippen LogP contribution is 2.50. The fourth-order valence-corrected chi connectivity index (χ4v) is 1.72. The lowest BCUT2D eigenvalue weighted by atomic mass is 10.1. The van der Waals surface area contributed by atoms with Crippen LogP contribution in [-0.2, 0) is 9.59 Å². The van der Waals surface area contributed by atoms with E-state index in [9.17, 15) is 14.4 Å². The van der Waals surface area contributed by atoms with Gasteiger partial charge in [0.25, 0.3) is 0 Å². The highest BCUT2D eigenvalue weighted by Gasteiger charge is 2.45. The van der Waals surface area contributed by atoms with Gasteiger partial charge in [0, 0.05) is 6.54 Å². The van der Waals surface area contributed by atoms with Crippen LogP contribution in [0, 0.1) is 11.3 Å². The van der Waals surface area contributed by atoms with Gasteiger partial charge in [-0.15, -0.1) is 0 Å². The standard InChI is InChI=1S/C11H18N2O5/c1-11(2)4-6(11)5-12-10(18)13-7(9(16)17)3-8(14)15/h6-7H,3-5H2,1-2H3,(H,14,15)(H,16,17)(H2,12,13,18)/t6?,7-/m1/s1. The van der Waals surface area contributed by atoms with Crippen LogP contribution in [0.5, 0.6) is 0 Å². The van der Waals surface area contributed by atoms with Crippen molar-refractivity contribution in [2.75, 3.05) is 6.54 Å². The predicted molar refractivity (Wildman–Crippen MR) is 62.1 cm³/mol. The number of carboxylic acids is 2. The Balaban J connectivity index is 2.33. The zero-order valence-corrected chi connectivity index (χ0v) is 10.4. The van der Waals surface area contributed by atoms with Gasteiger partial charge in [-0.1, -0.05) is 13.8 Å². The third kappa shape index (κ3) is 4.23. The third-order valence-electron chi connectivity index (χ3n) is 3.21. The second-order valence-corrected chi connectivity index (χ2v) is 5.23. The van der Waals surface area contributed by atoms with Crippen LogP contribution in [-0.4, -0.2) is 40.8 Å². The molecule has 2 atom stereocenters. The van der Waals surface area contributed by atoms with Gasteiger partial charge in [-0.3, -0.25) is 4.79 Å². The zero-order valence-electron chi connectivity index (χ0n) is 10.4. The molecule has 7 nitrogen and oxygen atoms in total. The monoisotopic (exact) mass is 258 g/mol. The van der Waals surface area contributed by atoms with E-state index in [0.29, 0.717) is 12.5 Å². The van der Waals surface area contributed by atoms with Crippen LogP contribution in [0.1, 0.15) is 26.7 Å². The van der Waals surface area contributed by atoms with E-state index >= 15 is 0 Å². The number of urea groups is 1. The number of carbonyl (C=O) groups excluding carboxylic acids is 1. The lowest BCUT2D eigenvalue weighted by Gasteiger charge is -2.13. The number of hydrogen-bond donors (Lipinski definition) is 4. The summed E-state index contributed by atoms with van der Waals surface area (Å²) in [4.78, 5) is 32.5. The van der Waals surface area contributed by atoms with E-state index in [0.717, 1.165) is 6.42 Å². The summed E-state index contributed by atoms with van der Waals surface area (Å²) in [5.41, 5.74) is 0.223. The summed E-state index contributed by atoms with van der Waals surface area (Å²) in [6.07, 6.45) is 0.377. The van der Waals surface area contributed by atoms with Crippen LogP contribution >= 0.6 is 0 Å². The molecule has 1 fully saturated rings. The summed E-state index contributed by atoms with van der Waals surface area (Å²) in [7, 11) is 0. The Hall–Kier alpha value is -1.79. The molecule has 0 aromatic heterocycles. The van der Waals surface area contributed by atoms with Crippen molar-refractivity contribution in [1.82, 2.24) is 10.6 Å². The van der Waals surface area contributed by atoms with Crippen molar-refractivity contribution in [3.05, 3.63) is 0 Å². The molecular formula is C11H18N2O5. The molecule has 4 N–H and O–H groups in total. The first-order valence-electron chi connectivity index (χ1n) is 5.71. The van der Waals surface area contributed by atoms with E-state index in [1.54, 1.807) is 0 Å². The Kier molecular flexibility index (Phi) is 4.15. The van der Waals surface area contributed by atoms with Gasteiger partial charge in [-0.2, -0.15) is 0 Å². The van der Waals surface area contributed by atoms with Gasteiger partial charge in [0.1, 0.15) is 6.04 Å². The maximum Gasteiger partial charge on any atom is 0.326 e. The van der Waals surface area contributed by atoms with Crippen molar-refractivity contribution in [3.63, 3.8) is 0 Å². The lowest BCUT2D eigenvalue weighted by molar-refractivity contribution is -0.145. The van der Waals surface area contributed by atoms with Gasteiger partial charge in [-0.25, -0.2) is 9.59 Å². The Morgan fingerprint density at radius 3 is 2.28 bits per heavy atom. The number of carboxylic acid groups (broad SMARTS) is 2. The maximum atomic E-state index is 11.4. The molecule has 2 amide bonds. The molecule has 1 saturated carbocycles. The highest BCUT2D eigenvalue weighted by molar-refractivity contribution is 5.86. The minimum atomic E-state index is -1.41. The highest BCUT2D eigenvalue weighted by atomic mass is 16.4. The average Bonchev–Trinajstić information content (AvgIpc) is 2.82. The van der Waals surface area contributed by atoms with Gasteiger partial charge in [0.15, 0.2) is 0 Å². The second kappa shape index (κ2) is 5.24. The first kappa shape index (κ1) is 14.3. The summed E-state index contributed by atoms with van der Waals surface area (Å²) in [5, 5.41) is 21.9. The number of nitrogens with one attached hydrogen (secondary N) is 2. The average molecular weight is 258 g/mol. The molecule has 0 bridgehead atoms. The largest absolute Gasteiger partial charge is 0.481 e. The maximum absolute atomic E-state index is 11.4. The van der Waals surface area contributed by atoms with E-state index in [2.05, 4.69) is 24.5 Å². The van der Waals surface area contributed by atoms with E-state index in [1.165, 1.54) is 0 Å². The Labute approximate surface area is 105 Å². The summed E-state index contributed by atoms with van der Waals surface area (Å²) in [6, 6.07) is -2.05. The van der Waals surface area contributed by atoms with Crippen LogP contribution in [0.15, 0.2) is 0 Å². The van der Waals surface area contributed by atoms with Crippen LogP contribution in [0.4, 0.5) is 4.79 Å². The molecule has 1 unspecified atom stereocenters. The summed E-state index contributed by atoms with van der Waals surface area (Å²) >= 11 is 0. The van der Waals surface area contributed by atoms with Gasteiger partial charge < -0.3 is 20.8 Å². The van der Waals surface area contributed by atoms with Crippen molar-refractivity contribution >= 4 is 18.0 Å². The summed E-state index contributed by atoms with van der Waals surface area (Å²) < 4.78 is 0. The zero-order chi connectivity index (χ0) is 13.9. The number of amides is 2. The van der Waals surface area contributed by atoms with E-state index in [4.69, 9.17) is 10.2 Å². The summed E-state index contributed by atoms with van der Waals surface area (Å²) in [5.74, 6) is -2.24. The molecular weight excluding hydrogens is 240 g/mol. The Morgan fingerprint density at radius 1 is 1.33 bits per heavy atom. The number of hydrogen-bond acceptors (Lipinski definition) is 3. The molecule has 0 aromatic rings. The third-order valence-corrected chi connectivity index (χ3v) is 3.21. The Bertz CT molecular complexity index is 366. The van der Waals surface area contributed by atoms with Crippen LogP contribution < -0.4 is 10.6 Å². The number of aliphatic carboxylic acids is 2. The van der Waals surface area contributed by atoms with Gasteiger partial charge in [0.2, 0.25) is 0 Å². The molecule has 7 heteroatoms. The molecule has 0 aliphatic heterocycles. The molecule has 0 spiro atoms.